The second-order valence-electron chi connectivity index (χ2n) is 3.20. The van der Waals surface area contributed by atoms with E-state index in [9.17, 15) is 0 Å². The molecule has 4 nitrogen and oxygen atoms in total. The number of benzene rings is 1. The van der Waals surface area contributed by atoms with E-state index in [1.807, 2.05) is 0 Å². The summed E-state index contributed by atoms with van der Waals surface area (Å²) >= 11 is 17.7. The maximum atomic E-state index is 6.01. The van der Waals surface area contributed by atoms with Gasteiger partial charge >= 0.3 is 0 Å². The van der Waals surface area contributed by atoms with Crippen molar-refractivity contribution in [3.8, 4) is 0 Å². The summed E-state index contributed by atoms with van der Waals surface area (Å²) in [5.74, 6) is 0.788. The molecule has 0 aliphatic rings. The number of hydrogen-bond donors (Lipinski definition) is 2. The van der Waals surface area contributed by atoms with Gasteiger partial charge in [0.2, 0.25) is 0 Å². The van der Waals surface area contributed by atoms with Crippen LogP contribution in [-0.2, 0) is 0 Å². The predicted octanol–water partition coefficient (Wildman–Crippen LogP) is 3.76. The molecule has 1 heterocycles. The Kier molecular flexibility index (Phi) is 3.57. The lowest BCUT2D eigenvalue weighted by Gasteiger charge is -2.08. The predicted molar refractivity (Wildman–Crippen MR) is 71.2 cm³/mol. The van der Waals surface area contributed by atoms with E-state index in [-0.39, 0.29) is 0 Å². The molecule has 1 aromatic heterocycles. The molecule has 2 aromatic rings. The minimum atomic E-state index is 0.311. The molecule has 0 spiro atoms. The molecule has 0 unspecified atom stereocenters. The van der Waals surface area contributed by atoms with E-state index in [2.05, 4.69) is 15.3 Å². The van der Waals surface area contributed by atoms with Crippen molar-refractivity contribution in [2.45, 2.75) is 0 Å². The average Bonchev–Trinajstić information content (AvgIpc) is 2.26. The Morgan fingerprint density at radius 3 is 2.41 bits per heavy atom. The molecule has 7 heteroatoms. The fourth-order valence-electron chi connectivity index (χ4n) is 1.20. The van der Waals surface area contributed by atoms with E-state index >= 15 is 0 Å². The van der Waals surface area contributed by atoms with Crippen molar-refractivity contribution in [2.24, 2.45) is 0 Å². The van der Waals surface area contributed by atoms with Gasteiger partial charge in [0.15, 0.2) is 5.82 Å². The number of rotatable bonds is 2. The van der Waals surface area contributed by atoms with Crippen LogP contribution in [0.3, 0.4) is 0 Å². The molecular formula is C10H7Cl3N4. The fourth-order valence-corrected chi connectivity index (χ4v) is 1.79. The summed E-state index contributed by atoms with van der Waals surface area (Å²) in [4.78, 5) is 7.93. The number of nitrogen functional groups attached to an aromatic ring is 1. The van der Waals surface area contributed by atoms with E-state index in [1.165, 1.54) is 12.4 Å². The third-order valence-electron chi connectivity index (χ3n) is 1.93. The standard InChI is InChI=1S/C10H7Cl3N4/c11-5-1-7(13)8(2-6(5)12)16-10-4-15-3-9(14)17-10/h1-4H,(H3,14,16,17). The number of anilines is 3. The van der Waals surface area contributed by atoms with Crippen molar-refractivity contribution in [3.05, 3.63) is 39.6 Å². The molecule has 0 bridgehead atoms. The Balaban J connectivity index is 2.33. The molecule has 0 fully saturated rings. The third-order valence-corrected chi connectivity index (χ3v) is 2.96. The molecule has 0 saturated heterocycles. The van der Waals surface area contributed by atoms with Crippen molar-refractivity contribution in [1.82, 2.24) is 9.97 Å². The molecule has 2 rings (SSSR count). The topological polar surface area (TPSA) is 63.8 Å². The number of nitrogens with zero attached hydrogens (tertiary/aromatic N) is 2. The van der Waals surface area contributed by atoms with Gasteiger partial charge < -0.3 is 11.1 Å². The van der Waals surface area contributed by atoms with Gasteiger partial charge in [-0.2, -0.15) is 0 Å². The van der Waals surface area contributed by atoms with Crippen LogP contribution in [0.15, 0.2) is 24.5 Å². The van der Waals surface area contributed by atoms with Gasteiger partial charge in [-0.15, -0.1) is 0 Å². The number of nitrogens with one attached hydrogen (secondary N) is 1. The second kappa shape index (κ2) is 4.96. The summed E-state index contributed by atoms with van der Waals surface area (Å²) in [6.07, 6.45) is 2.97. The lowest BCUT2D eigenvalue weighted by molar-refractivity contribution is 1.21. The molecule has 0 aliphatic heterocycles. The zero-order chi connectivity index (χ0) is 12.4. The first-order valence-corrected chi connectivity index (χ1v) is 5.69. The van der Waals surface area contributed by atoms with Gasteiger partial charge in [-0.05, 0) is 12.1 Å². The zero-order valence-corrected chi connectivity index (χ0v) is 10.7. The molecule has 0 atom stereocenters. The Morgan fingerprint density at radius 1 is 1.00 bits per heavy atom. The van der Waals surface area contributed by atoms with E-state index in [0.29, 0.717) is 32.4 Å². The van der Waals surface area contributed by atoms with Crippen LogP contribution in [0.4, 0.5) is 17.3 Å². The normalized spacial score (nSPS) is 10.3. The second-order valence-corrected chi connectivity index (χ2v) is 4.42. The summed E-state index contributed by atoms with van der Waals surface area (Å²) < 4.78 is 0. The maximum absolute atomic E-state index is 6.01. The lowest BCUT2D eigenvalue weighted by Crippen LogP contribution is -1.98. The van der Waals surface area contributed by atoms with Crippen molar-refractivity contribution in [2.75, 3.05) is 11.1 Å². The average molecular weight is 290 g/mol. The highest BCUT2D eigenvalue weighted by Gasteiger charge is 2.07. The fraction of sp³-hybridized carbons (Fsp3) is 0. The van der Waals surface area contributed by atoms with E-state index in [4.69, 9.17) is 40.5 Å². The lowest BCUT2D eigenvalue weighted by atomic mass is 10.3. The van der Waals surface area contributed by atoms with Gasteiger partial charge in [0.1, 0.15) is 5.82 Å². The third kappa shape index (κ3) is 2.91. The number of halogens is 3. The van der Waals surface area contributed by atoms with E-state index < -0.39 is 0 Å². The van der Waals surface area contributed by atoms with Crippen LogP contribution in [0.1, 0.15) is 0 Å². The number of nitrogens with two attached hydrogens (primary N) is 1. The molecule has 3 N–H and O–H groups in total. The molecule has 0 radical (unpaired) electrons. The van der Waals surface area contributed by atoms with Gasteiger partial charge in [0.05, 0.1) is 33.1 Å². The Morgan fingerprint density at radius 2 is 1.71 bits per heavy atom. The van der Waals surface area contributed by atoms with Gasteiger partial charge in [-0.25, -0.2) is 4.98 Å². The first kappa shape index (κ1) is 12.2. The molecular weight excluding hydrogens is 282 g/mol. The SMILES string of the molecule is Nc1cncc(Nc2cc(Cl)c(Cl)cc2Cl)n1. The van der Waals surface area contributed by atoms with E-state index in [0.717, 1.165) is 0 Å². The first-order chi connectivity index (χ1) is 8.06. The van der Waals surface area contributed by atoms with Gasteiger partial charge in [0.25, 0.3) is 0 Å². The Bertz CT molecular complexity index is 559. The van der Waals surface area contributed by atoms with Gasteiger partial charge in [-0.3, -0.25) is 4.98 Å². The smallest absolute Gasteiger partial charge is 0.151 e. The van der Waals surface area contributed by atoms with Gasteiger partial charge in [0, 0.05) is 0 Å². The van der Waals surface area contributed by atoms with Crippen LogP contribution < -0.4 is 11.1 Å². The summed E-state index contributed by atoms with van der Waals surface area (Å²) in [7, 11) is 0. The minimum absolute atomic E-state index is 0.311. The maximum Gasteiger partial charge on any atom is 0.151 e. The minimum Gasteiger partial charge on any atom is -0.382 e. The highest BCUT2D eigenvalue weighted by molar-refractivity contribution is 6.44. The summed E-state index contributed by atoms with van der Waals surface area (Å²) in [6.45, 7) is 0. The van der Waals surface area contributed by atoms with Crippen LogP contribution in [-0.4, -0.2) is 9.97 Å². The van der Waals surface area contributed by atoms with Crippen molar-refractivity contribution >= 4 is 52.1 Å². The molecule has 0 aliphatic carbocycles. The highest BCUT2D eigenvalue weighted by atomic mass is 35.5. The molecule has 0 amide bonds. The number of hydrogen-bond acceptors (Lipinski definition) is 4. The largest absolute Gasteiger partial charge is 0.382 e. The van der Waals surface area contributed by atoms with Crippen LogP contribution >= 0.6 is 34.8 Å². The van der Waals surface area contributed by atoms with Crippen molar-refractivity contribution in [1.29, 1.82) is 0 Å². The monoisotopic (exact) mass is 288 g/mol. The Hall–Kier alpha value is -1.23. The Labute approximate surface area is 113 Å². The van der Waals surface area contributed by atoms with Crippen molar-refractivity contribution in [3.63, 3.8) is 0 Å². The van der Waals surface area contributed by atoms with Crippen molar-refractivity contribution < 1.29 is 0 Å². The first-order valence-electron chi connectivity index (χ1n) is 4.55. The van der Waals surface area contributed by atoms with Crippen LogP contribution in [0.25, 0.3) is 0 Å². The van der Waals surface area contributed by atoms with Gasteiger partial charge in [-0.1, -0.05) is 34.8 Å². The van der Waals surface area contributed by atoms with Crippen LogP contribution in [0.5, 0.6) is 0 Å². The summed E-state index contributed by atoms with van der Waals surface area (Å²) in [5.41, 5.74) is 6.09. The quantitative estimate of drug-likeness (QED) is 0.826. The van der Waals surface area contributed by atoms with Crippen LogP contribution in [0.2, 0.25) is 15.1 Å². The molecule has 0 saturated carbocycles. The molecule has 17 heavy (non-hydrogen) atoms. The van der Waals surface area contributed by atoms with Crippen LogP contribution in [0, 0.1) is 0 Å². The summed E-state index contributed by atoms with van der Waals surface area (Å²) in [5, 5.41) is 4.17. The molecule has 1 aromatic carbocycles. The van der Waals surface area contributed by atoms with E-state index in [1.54, 1.807) is 12.1 Å². The highest BCUT2D eigenvalue weighted by Crippen LogP contribution is 2.33. The number of aromatic nitrogens is 2. The molecule has 88 valence electrons. The zero-order valence-electron chi connectivity index (χ0n) is 8.42. The summed E-state index contributed by atoms with van der Waals surface area (Å²) in [6, 6.07) is 3.16.